The van der Waals surface area contributed by atoms with Gasteiger partial charge in [0.1, 0.15) is 5.76 Å². The van der Waals surface area contributed by atoms with E-state index in [1.165, 1.54) is 5.56 Å². The second kappa shape index (κ2) is 6.03. The summed E-state index contributed by atoms with van der Waals surface area (Å²) < 4.78 is 6.57. The molecule has 0 aliphatic carbocycles. The topological polar surface area (TPSA) is 25.2 Å². The van der Waals surface area contributed by atoms with Gasteiger partial charge in [-0.2, -0.15) is 0 Å². The second-order valence-corrected chi connectivity index (χ2v) is 4.79. The van der Waals surface area contributed by atoms with Crippen LogP contribution in [0.2, 0.25) is 0 Å². The number of hydrogen-bond donors (Lipinski definition) is 1. The normalized spacial score (nSPS) is 12.6. The van der Waals surface area contributed by atoms with Crippen LogP contribution in [0.5, 0.6) is 0 Å². The highest BCUT2D eigenvalue weighted by Gasteiger charge is 2.17. The van der Waals surface area contributed by atoms with Crippen LogP contribution >= 0.6 is 15.9 Å². The van der Waals surface area contributed by atoms with Crippen LogP contribution in [0.15, 0.2) is 51.6 Å². The Morgan fingerprint density at radius 2 is 2.00 bits per heavy atom. The molecule has 2 nitrogen and oxygen atoms in total. The molecule has 2 aromatic rings. The molecule has 0 bridgehead atoms. The molecule has 2 rings (SSSR count). The Balaban J connectivity index is 2.16. The summed E-state index contributed by atoms with van der Waals surface area (Å²) in [6.45, 7) is 3.03. The van der Waals surface area contributed by atoms with E-state index in [9.17, 15) is 0 Å². The number of rotatable bonds is 5. The average molecular weight is 294 g/mol. The molecule has 1 aromatic heterocycles. The molecule has 1 aromatic carbocycles. The smallest absolute Gasteiger partial charge is 0.135 e. The van der Waals surface area contributed by atoms with Gasteiger partial charge >= 0.3 is 0 Å². The van der Waals surface area contributed by atoms with E-state index < -0.39 is 0 Å². The summed E-state index contributed by atoms with van der Waals surface area (Å²) in [5.41, 5.74) is 1.31. The quantitative estimate of drug-likeness (QED) is 0.903. The zero-order valence-corrected chi connectivity index (χ0v) is 11.4. The summed E-state index contributed by atoms with van der Waals surface area (Å²) in [4.78, 5) is 0. The van der Waals surface area contributed by atoms with Gasteiger partial charge in [-0.3, -0.25) is 0 Å². The van der Waals surface area contributed by atoms with Crippen LogP contribution in [0.25, 0.3) is 0 Å². The van der Waals surface area contributed by atoms with Gasteiger partial charge in [0.25, 0.3) is 0 Å². The zero-order valence-electron chi connectivity index (χ0n) is 9.82. The summed E-state index contributed by atoms with van der Waals surface area (Å²) in [5.74, 6) is 0.968. The molecule has 0 fully saturated rings. The molecule has 1 N–H and O–H groups in total. The lowest BCUT2D eigenvalue weighted by Crippen LogP contribution is -2.22. The van der Waals surface area contributed by atoms with Crippen molar-refractivity contribution in [3.63, 3.8) is 0 Å². The molecular formula is C14H16BrNO. The third-order valence-electron chi connectivity index (χ3n) is 2.69. The van der Waals surface area contributed by atoms with Gasteiger partial charge in [0.15, 0.2) is 0 Å². The SMILES string of the molecule is CCNC(Cc1ccccc1)c1occc1Br. The highest BCUT2D eigenvalue weighted by Crippen LogP contribution is 2.27. The van der Waals surface area contributed by atoms with E-state index >= 15 is 0 Å². The number of benzene rings is 1. The monoisotopic (exact) mass is 293 g/mol. The maximum Gasteiger partial charge on any atom is 0.135 e. The Morgan fingerprint density at radius 3 is 2.59 bits per heavy atom. The fourth-order valence-corrected chi connectivity index (χ4v) is 2.39. The van der Waals surface area contributed by atoms with Crippen LogP contribution in [0, 0.1) is 0 Å². The molecule has 1 atom stereocenters. The van der Waals surface area contributed by atoms with Crippen LogP contribution in [-0.2, 0) is 6.42 Å². The molecule has 3 heteroatoms. The van der Waals surface area contributed by atoms with Gasteiger partial charge in [-0.1, -0.05) is 37.3 Å². The van der Waals surface area contributed by atoms with E-state index in [1.807, 2.05) is 12.1 Å². The van der Waals surface area contributed by atoms with Crippen molar-refractivity contribution >= 4 is 15.9 Å². The fraction of sp³-hybridized carbons (Fsp3) is 0.286. The van der Waals surface area contributed by atoms with Crippen LogP contribution in [-0.4, -0.2) is 6.54 Å². The Bertz CT molecular complexity index is 452. The number of furan rings is 1. The van der Waals surface area contributed by atoms with Crippen molar-refractivity contribution in [3.8, 4) is 0 Å². The number of nitrogens with one attached hydrogen (secondary N) is 1. The lowest BCUT2D eigenvalue weighted by Gasteiger charge is -2.16. The van der Waals surface area contributed by atoms with Crippen LogP contribution in [0.4, 0.5) is 0 Å². The number of halogens is 1. The van der Waals surface area contributed by atoms with E-state index in [-0.39, 0.29) is 6.04 Å². The standard InChI is InChI=1S/C14H16BrNO/c1-2-16-13(14-12(15)8-9-17-14)10-11-6-4-3-5-7-11/h3-9,13,16H,2,10H2,1H3. The molecule has 0 amide bonds. The Kier molecular flexibility index (Phi) is 4.40. The molecule has 0 spiro atoms. The molecule has 0 saturated heterocycles. The first-order valence-electron chi connectivity index (χ1n) is 5.81. The zero-order chi connectivity index (χ0) is 12.1. The molecule has 1 unspecified atom stereocenters. The average Bonchev–Trinajstić information content (AvgIpc) is 2.76. The minimum Gasteiger partial charge on any atom is -0.466 e. The van der Waals surface area contributed by atoms with Gasteiger partial charge in [-0.05, 0) is 40.5 Å². The van der Waals surface area contributed by atoms with Crippen molar-refractivity contribution in [1.29, 1.82) is 0 Å². The molecule has 90 valence electrons. The van der Waals surface area contributed by atoms with Gasteiger partial charge in [-0.15, -0.1) is 0 Å². The van der Waals surface area contributed by atoms with Crippen molar-refractivity contribution in [2.75, 3.05) is 6.54 Å². The number of likely N-dealkylation sites (N-methyl/N-ethyl adjacent to an activating group) is 1. The summed E-state index contributed by atoms with van der Waals surface area (Å²) in [6, 6.07) is 12.6. The van der Waals surface area contributed by atoms with Crippen molar-refractivity contribution in [2.24, 2.45) is 0 Å². The maximum atomic E-state index is 5.54. The van der Waals surface area contributed by atoms with Gasteiger partial charge in [0.05, 0.1) is 16.8 Å². The highest BCUT2D eigenvalue weighted by atomic mass is 79.9. The first kappa shape index (κ1) is 12.4. The Morgan fingerprint density at radius 1 is 1.24 bits per heavy atom. The molecule has 0 saturated carbocycles. The predicted molar refractivity (Wildman–Crippen MR) is 73.0 cm³/mol. The minimum absolute atomic E-state index is 0.215. The van der Waals surface area contributed by atoms with Gasteiger partial charge in [0.2, 0.25) is 0 Å². The number of hydrogen-bond acceptors (Lipinski definition) is 2. The molecule has 0 aliphatic rings. The second-order valence-electron chi connectivity index (χ2n) is 3.93. The molecular weight excluding hydrogens is 278 g/mol. The van der Waals surface area contributed by atoms with E-state index in [1.54, 1.807) is 6.26 Å². The largest absolute Gasteiger partial charge is 0.466 e. The van der Waals surface area contributed by atoms with Crippen molar-refractivity contribution in [1.82, 2.24) is 5.32 Å². The molecule has 17 heavy (non-hydrogen) atoms. The van der Waals surface area contributed by atoms with Crippen molar-refractivity contribution in [2.45, 2.75) is 19.4 Å². The van der Waals surface area contributed by atoms with E-state index in [0.29, 0.717) is 0 Å². The summed E-state index contributed by atoms with van der Waals surface area (Å²) in [6.07, 6.45) is 2.65. The van der Waals surface area contributed by atoms with Gasteiger partial charge < -0.3 is 9.73 Å². The third kappa shape index (κ3) is 3.20. The summed E-state index contributed by atoms with van der Waals surface area (Å²) in [7, 11) is 0. The van der Waals surface area contributed by atoms with Crippen molar-refractivity contribution < 1.29 is 4.42 Å². The molecule has 1 heterocycles. The van der Waals surface area contributed by atoms with Gasteiger partial charge in [-0.25, -0.2) is 0 Å². The van der Waals surface area contributed by atoms with Crippen LogP contribution in [0.1, 0.15) is 24.3 Å². The van der Waals surface area contributed by atoms with Gasteiger partial charge in [0, 0.05) is 0 Å². The first-order valence-corrected chi connectivity index (χ1v) is 6.60. The van der Waals surface area contributed by atoms with E-state index in [0.717, 1.165) is 23.2 Å². The Hall–Kier alpha value is -1.06. The third-order valence-corrected chi connectivity index (χ3v) is 3.35. The summed E-state index contributed by atoms with van der Waals surface area (Å²) >= 11 is 3.52. The molecule has 0 radical (unpaired) electrons. The van der Waals surface area contributed by atoms with Crippen LogP contribution in [0.3, 0.4) is 0 Å². The van der Waals surface area contributed by atoms with Crippen molar-refractivity contribution in [3.05, 3.63) is 58.5 Å². The fourth-order valence-electron chi connectivity index (χ4n) is 1.91. The Labute approximate surface area is 110 Å². The van der Waals surface area contributed by atoms with E-state index in [4.69, 9.17) is 4.42 Å². The summed E-state index contributed by atoms with van der Waals surface area (Å²) in [5, 5.41) is 3.45. The lowest BCUT2D eigenvalue weighted by molar-refractivity contribution is 0.414. The predicted octanol–water partition coefficient (Wildman–Crippen LogP) is 3.94. The van der Waals surface area contributed by atoms with Crippen LogP contribution < -0.4 is 5.32 Å². The maximum absolute atomic E-state index is 5.54. The van der Waals surface area contributed by atoms with E-state index in [2.05, 4.69) is 52.4 Å². The minimum atomic E-state index is 0.215. The highest BCUT2D eigenvalue weighted by molar-refractivity contribution is 9.10. The first-order chi connectivity index (χ1) is 8.31. The lowest BCUT2D eigenvalue weighted by atomic mass is 10.0. The molecule has 0 aliphatic heterocycles.